The fourth-order valence-corrected chi connectivity index (χ4v) is 3.28. The highest BCUT2D eigenvalue weighted by Gasteiger charge is 2.06. The van der Waals surface area contributed by atoms with Crippen LogP contribution in [0.3, 0.4) is 0 Å². The fourth-order valence-electron chi connectivity index (χ4n) is 2.28. The quantitative estimate of drug-likeness (QED) is 0.253. The number of nitrogens with one attached hydrogen (secondary N) is 1. The molecule has 0 saturated carbocycles. The largest absolute Gasteiger partial charge is 0.271 e. The molecule has 0 amide bonds. The van der Waals surface area contributed by atoms with Crippen molar-refractivity contribution >= 4 is 11.8 Å². The Kier molecular flexibility index (Phi) is 10.7. The zero-order chi connectivity index (χ0) is 14.5. The Morgan fingerprint density at radius 2 is 1.65 bits per heavy atom. The second-order valence-electron chi connectivity index (χ2n) is 5.40. The highest BCUT2D eigenvalue weighted by atomic mass is 32.2. The monoisotopic (exact) mass is 294 g/mol. The van der Waals surface area contributed by atoms with Gasteiger partial charge >= 0.3 is 0 Å². The van der Waals surface area contributed by atoms with E-state index in [1.807, 2.05) is 11.8 Å². The van der Waals surface area contributed by atoms with Gasteiger partial charge in [-0.05, 0) is 18.6 Å². The minimum absolute atomic E-state index is 0.427. The first kappa shape index (κ1) is 17.5. The molecule has 1 rings (SSSR count). The molecule has 3 N–H and O–H groups in total. The predicted octanol–water partition coefficient (Wildman–Crippen LogP) is 4.75. The van der Waals surface area contributed by atoms with Crippen molar-refractivity contribution in [2.24, 2.45) is 5.84 Å². The maximum Gasteiger partial charge on any atom is 0.0304 e. The van der Waals surface area contributed by atoms with Gasteiger partial charge in [-0.1, -0.05) is 70.1 Å². The standard InChI is InChI=1S/C17H30N2S/c1-2-3-4-5-6-7-9-12-16(19-18)15-20-17-13-10-8-11-14-17/h8,10-11,13-14,16,19H,2-7,9,12,15,18H2,1H3. The summed E-state index contributed by atoms with van der Waals surface area (Å²) in [5.74, 6) is 6.71. The second-order valence-corrected chi connectivity index (χ2v) is 6.49. The molecule has 2 nitrogen and oxygen atoms in total. The normalized spacial score (nSPS) is 12.5. The smallest absolute Gasteiger partial charge is 0.0304 e. The summed E-state index contributed by atoms with van der Waals surface area (Å²) in [5, 5.41) is 0. The van der Waals surface area contributed by atoms with Gasteiger partial charge in [0.1, 0.15) is 0 Å². The van der Waals surface area contributed by atoms with Crippen LogP contribution in [0.4, 0.5) is 0 Å². The van der Waals surface area contributed by atoms with Gasteiger partial charge in [0, 0.05) is 16.7 Å². The van der Waals surface area contributed by atoms with Gasteiger partial charge in [-0.15, -0.1) is 11.8 Å². The van der Waals surface area contributed by atoms with Crippen LogP contribution in [0.5, 0.6) is 0 Å². The van der Waals surface area contributed by atoms with Gasteiger partial charge in [0.2, 0.25) is 0 Å². The lowest BCUT2D eigenvalue weighted by Gasteiger charge is -2.15. The van der Waals surface area contributed by atoms with E-state index in [4.69, 9.17) is 5.84 Å². The molecule has 0 aliphatic rings. The van der Waals surface area contributed by atoms with Crippen molar-refractivity contribution in [1.82, 2.24) is 5.43 Å². The van der Waals surface area contributed by atoms with E-state index in [1.165, 1.54) is 56.3 Å². The summed E-state index contributed by atoms with van der Waals surface area (Å²) >= 11 is 1.89. The maximum atomic E-state index is 5.65. The molecule has 1 atom stereocenters. The summed E-state index contributed by atoms with van der Waals surface area (Å²) in [7, 11) is 0. The molecule has 3 heteroatoms. The zero-order valence-corrected chi connectivity index (χ0v) is 13.6. The van der Waals surface area contributed by atoms with Gasteiger partial charge in [-0.3, -0.25) is 11.3 Å². The Morgan fingerprint density at radius 3 is 2.30 bits per heavy atom. The topological polar surface area (TPSA) is 38.0 Å². The molecule has 0 bridgehead atoms. The summed E-state index contributed by atoms with van der Waals surface area (Å²) in [4.78, 5) is 1.33. The number of hydrogen-bond donors (Lipinski definition) is 2. The van der Waals surface area contributed by atoms with Crippen molar-refractivity contribution in [3.05, 3.63) is 30.3 Å². The number of hydrazine groups is 1. The summed E-state index contributed by atoms with van der Waals surface area (Å²) in [6.07, 6.45) is 10.7. The molecule has 0 radical (unpaired) electrons. The lowest BCUT2D eigenvalue weighted by molar-refractivity contribution is 0.492. The van der Waals surface area contributed by atoms with Crippen molar-refractivity contribution in [1.29, 1.82) is 0 Å². The van der Waals surface area contributed by atoms with Gasteiger partial charge in [0.15, 0.2) is 0 Å². The van der Waals surface area contributed by atoms with Gasteiger partial charge < -0.3 is 0 Å². The maximum absolute atomic E-state index is 5.65. The Labute approximate surface area is 128 Å². The Bertz CT molecular complexity index is 316. The molecular weight excluding hydrogens is 264 g/mol. The van der Waals surface area contributed by atoms with Gasteiger partial charge in [0.25, 0.3) is 0 Å². The van der Waals surface area contributed by atoms with E-state index in [1.54, 1.807) is 0 Å². The summed E-state index contributed by atoms with van der Waals surface area (Å²) < 4.78 is 0. The molecule has 0 aliphatic heterocycles. The summed E-state index contributed by atoms with van der Waals surface area (Å²) in [6, 6.07) is 11.0. The van der Waals surface area contributed by atoms with Crippen LogP contribution in [-0.4, -0.2) is 11.8 Å². The average molecular weight is 295 g/mol. The first-order valence-electron chi connectivity index (χ1n) is 8.00. The molecule has 1 aromatic carbocycles. The average Bonchev–Trinajstić information content (AvgIpc) is 2.50. The van der Waals surface area contributed by atoms with Crippen LogP contribution >= 0.6 is 11.8 Å². The van der Waals surface area contributed by atoms with Gasteiger partial charge in [0.05, 0.1) is 0 Å². The van der Waals surface area contributed by atoms with Gasteiger partial charge in [-0.2, -0.15) is 0 Å². The van der Waals surface area contributed by atoms with Crippen molar-refractivity contribution in [3.8, 4) is 0 Å². The van der Waals surface area contributed by atoms with Crippen LogP contribution in [0, 0.1) is 0 Å². The van der Waals surface area contributed by atoms with Gasteiger partial charge in [-0.25, -0.2) is 0 Å². The van der Waals surface area contributed by atoms with Crippen LogP contribution in [-0.2, 0) is 0 Å². The van der Waals surface area contributed by atoms with Crippen molar-refractivity contribution in [2.45, 2.75) is 69.2 Å². The lowest BCUT2D eigenvalue weighted by Crippen LogP contribution is -2.36. The number of benzene rings is 1. The first-order chi connectivity index (χ1) is 9.86. The molecular formula is C17H30N2S. The Morgan fingerprint density at radius 1 is 1.00 bits per heavy atom. The third kappa shape index (κ3) is 8.62. The number of thioether (sulfide) groups is 1. The van der Waals surface area contributed by atoms with Crippen molar-refractivity contribution in [2.75, 3.05) is 5.75 Å². The lowest BCUT2D eigenvalue weighted by atomic mass is 10.1. The van der Waals surface area contributed by atoms with E-state index in [9.17, 15) is 0 Å². The van der Waals surface area contributed by atoms with Crippen LogP contribution in [0.2, 0.25) is 0 Å². The number of nitrogens with two attached hydrogens (primary N) is 1. The third-order valence-corrected chi connectivity index (χ3v) is 4.76. The molecule has 0 heterocycles. The highest BCUT2D eigenvalue weighted by molar-refractivity contribution is 7.99. The third-order valence-electron chi connectivity index (χ3n) is 3.59. The van der Waals surface area contributed by atoms with E-state index in [0.717, 1.165) is 5.75 Å². The van der Waals surface area contributed by atoms with Crippen LogP contribution in [0.15, 0.2) is 35.2 Å². The van der Waals surface area contributed by atoms with E-state index in [-0.39, 0.29) is 0 Å². The molecule has 0 saturated heterocycles. The minimum Gasteiger partial charge on any atom is -0.271 e. The minimum atomic E-state index is 0.427. The van der Waals surface area contributed by atoms with E-state index in [2.05, 4.69) is 42.7 Å². The molecule has 0 spiro atoms. The molecule has 20 heavy (non-hydrogen) atoms. The van der Waals surface area contributed by atoms with Crippen molar-refractivity contribution in [3.63, 3.8) is 0 Å². The Balaban J connectivity index is 2.04. The number of unbranched alkanes of at least 4 members (excludes halogenated alkanes) is 6. The Hall–Kier alpha value is -0.510. The summed E-state index contributed by atoms with van der Waals surface area (Å²) in [6.45, 7) is 2.27. The zero-order valence-electron chi connectivity index (χ0n) is 12.8. The second kappa shape index (κ2) is 12.2. The summed E-state index contributed by atoms with van der Waals surface area (Å²) in [5.41, 5.74) is 2.96. The van der Waals surface area contributed by atoms with Crippen LogP contribution in [0.25, 0.3) is 0 Å². The molecule has 0 fully saturated rings. The SMILES string of the molecule is CCCCCCCCCC(CSc1ccccc1)NN. The molecule has 1 aromatic rings. The first-order valence-corrected chi connectivity index (χ1v) is 8.99. The van der Waals surface area contributed by atoms with Crippen LogP contribution in [0.1, 0.15) is 58.3 Å². The van der Waals surface area contributed by atoms with Crippen molar-refractivity contribution < 1.29 is 0 Å². The number of rotatable bonds is 12. The molecule has 0 aromatic heterocycles. The number of hydrogen-bond acceptors (Lipinski definition) is 3. The molecule has 0 aliphatic carbocycles. The van der Waals surface area contributed by atoms with E-state index in [0.29, 0.717) is 6.04 Å². The predicted molar refractivity (Wildman–Crippen MR) is 90.9 cm³/mol. The van der Waals surface area contributed by atoms with Crippen LogP contribution < -0.4 is 11.3 Å². The fraction of sp³-hybridized carbons (Fsp3) is 0.647. The highest BCUT2D eigenvalue weighted by Crippen LogP contribution is 2.19. The molecule has 114 valence electrons. The molecule has 1 unspecified atom stereocenters. The van der Waals surface area contributed by atoms with E-state index >= 15 is 0 Å². The van der Waals surface area contributed by atoms with E-state index < -0.39 is 0 Å².